The van der Waals surface area contributed by atoms with E-state index < -0.39 is 5.97 Å². The van der Waals surface area contributed by atoms with Crippen molar-refractivity contribution in [1.82, 2.24) is 0 Å². The van der Waals surface area contributed by atoms with Crippen molar-refractivity contribution in [3.63, 3.8) is 0 Å². The lowest BCUT2D eigenvalue weighted by atomic mass is 10.1. The lowest BCUT2D eigenvalue weighted by molar-refractivity contribution is 0.0602. The Hall–Kier alpha value is -1.72. The lowest BCUT2D eigenvalue weighted by Crippen LogP contribution is -2.12. The van der Waals surface area contributed by atoms with E-state index in [9.17, 15) is 4.79 Å². The van der Waals surface area contributed by atoms with Crippen molar-refractivity contribution in [3.05, 3.63) is 45.1 Å². The highest BCUT2D eigenvalue weighted by molar-refractivity contribution is 7.16. The zero-order valence-electron chi connectivity index (χ0n) is 11.0. The first kappa shape index (κ1) is 14.7. The molecule has 2 rings (SSSR count). The van der Waals surface area contributed by atoms with Crippen LogP contribution in [-0.2, 0) is 11.2 Å². The van der Waals surface area contributed by atoms with Gasteiger partial charge in [0.2, 0.25) is 0 Å². The minimum absolute atomic E-state index is 0.404. The minimum atomic E-state index is -0.404. The van der Waals surface area contributed by atoms with Gasteiger partial charge in [-0.15, -0.1) is 11.3 Å². The van der Waals surface area contributed by atoms with Crippen LogP contribution in [0.25, 0.3) is 0 Å². The maximum Gasteiger partial charge on any atom is 0.340 e. The molecule has 4 nitrogen and oxygen atoms in total. The Labute approximate surface area is 126 Å². The van der Waals surface area contributed by atoms with Gasteiger partial charge in [-0.25, -0.2) is 4.79 Å². The van der Waals surface area contributed by atoms with Crippen LogP contribution >= 0.6 is 22.9 Å². The number of carbonyl (C=O) groups is 1. The van der Waals surface area contributed by atoms with Crippen LogP contribution in [0.2, 0.25) is 4.34 Å². The number of methoxy groups -OCH3 is 1. The first-order valence-electron chi connectivity index (χ1n) is 6.06. The van der Waals surface area contributed by atoms with Crippen LogP contribution in [0.5, 0.6) is 0 Å². The van der Waals surface area contributed by atoms with Crippen LogP contribution in [0.1, 0.15) is 15.2 Å². The number of thiophene rings is 1. The van der Waals surface area contributed by atoms with E-state index >= 15 is 0 Å². The molecule has 0 saturated heterocycles. The highest BCUT2D eigenvalue weighted by Gasteiger charge is 2.13. The molecular formula is C14H15ClN2O2S. The Morgan fingerprint density at radius 1 is 1.40 bits per heavy atom. The SMILES string of the molecule is COC(=O)c1cccc(N)c1NCCc1ccc(Cl)s1. The number of nitrogens with two attached hydrogens (primary N) is 1. The molecule has 0 aliphatic rings. The third-order valence-corrected chi connectivity index (χ3v) is 4.09. The number of benzene rings is 1. The van der Waals surface area contributed by atoms with E-state index in [-0.39, 0.29) is 0 Å². The Kier molecular flexibility index (Phi) is 4.87. The zero-order chi connectivity index (χ0) is 14.5. The molecule has 0 atom stereocenters. The highest BCUT2D eigenvalue weighted by atomic mass is 35.5. The maximum atomic E-state index is 11.7. The smallest absolute Gasteiger partial charge is 0.340 e. The van der Waals surface area contributed by atoms with Crippen LogP contribution < -0.4 is 11.1 Å². The second-order valence-corrected chi connectivity index (χ2v) is 5.94. The molecule has 20 heavy (non-hydrogen) atoms. The van der Waals surface area contributed by atoms with E-state index in [1.165, 1.54) is 12.0 Å². The molecule has 0 radical (unpaired) electrons. The molecule has 6 heteroatoms. The molecule has 1 aromatic carbocycles. The molecule has 1 heterocycles. The molecule has 0 amide bonds. The summed E-state index contributed by atoms with van der Waals surface area (Å²) in [6.07, 6.45) is 0.812. The number of esters is 1. The van der Waals surface area contributed by atoms with Gasteiger partial charge in [-0.2, -0.15) is 0 Å². The zero-order valence-corrected chi connectivity index (χ0v) is 12.6. The van der Waals surface area contributed by atoms with Crippen molar-refractivity contribution in [2.75, 3.05) is 24.7 Å². The van der Waals surface area contributed by atoms with Crippen molar-refractivity contribution in [2.24, 2.45) is 0 Å². The molecular weight excluding hydrogens is 296 g/mol. The fourth-order valence-electron chi connectivity index (χ4n) is 1.84. The summed E-state index contributed by atoms with van der Waals surface area (Å²) in [4.78, 5) is 12.9. The number of hydrogen-bond donors (Lipinski definition) is 2. The van der Waals surface area contributed by atoms with E-state index in [1.54, 1.807) is 29.5 Å². The van der Waals surface area contributed by atoms with Gasteiger partial charge in [-0.1, -0.05) is 17.7 Å². The van der Waals surface area contributed by atoms with Crippen LogP contribution in [-0.4, -0.2) is 19.6 Å². The predicted octanol–water partition coefficient (Wildman–Crippen LogP) is 3.42. The number of nitrogens with one attached hydrogen (secondary N) is 1. The van der Waals surface area contributed by atoms with E-state index in [1.807, 2.05) is 12.1 Å². The van der Waals surface area contributed by atoms with Gasteiger partial charge in [0.25, 0.3) is 0 Å². The number of hydrogen-bond acceptors (Lipinski definition) is 5. The normalized spacial score (nSPS) is 10.3. The first-order chi connectivity index (χ1) is 9.61. The minimum Gasteiger partial charge on any atom is -0.465 e. The Balaban J connectivity index is 2.06. The molecule has 0 fully saturated rings. The number of halogens is 1. The monoisotopic (exact) mass is 310 g/mol. The van der Waals surface area contributed by atoms with Gasteiger partial charge < -0.3 is 15.8 Å². The van der Waals surface area contributed by atoms with E-state index in [4.69, 9.17) is 22.1 Å². The molecule has 0 aliphatic carbocycles. The van der Waals surface area contributed by atoms with Crippen LogP contribution in [0, 0.1) is 0 Å². The molecule has 3 N–H and O–H groups in total. The van der Waals surface area contributed by atoms with E-state index in [2.05, 4.69) is 5.32 Å². The van der Waals surface area contributed by atoms with Crippen LogP contribution in [0.15, 0.2) is 30.3 Å². The Morgan fingerprint density at radius 3 is 2.85 bits per heavy atom. The fraction of sp³-hybridized carbons (Fsp3) is 0.214. The summed E-state index contributed by atoms with van der Waals surface area (Å²) >= 11 is 7.43. The van der Waals surface area contributed by atoms with Gasteiger partial charge in [0.15, 0.2) is 0 Å². The molecule has 0 bridgehead atoms. The molecule has 1 aromatic heterocycles. The molecule has 2 aromatic rings. The number of nitrogen functional groups attached to an aromatic ring is 1. The van der Waals surface area contributed by atoms with Gasteiger partial charge in [0.05, 0.1) is 28.4 Å². The third-order valence-electron chi connectivity index (χ3n) is 2.80. The lowest BCUT2D eigenvalue weighted by Gasteiger charge is -2.12. The maximum absolute atomic E-state index is 11.7. The second-order valence-electron chi connectivity index (χ2n) is 4.14. The Bertz CT molecular complexity index is 613. The highest BCUT2D eigenvalue weighted by Crippen LogP contribution is 2.25. The number of rotatable bonds is 5. The van der Waals surface area contributed by atoms with Gasteiger partial charge in [-0.3, -0.25) is 0 Å². The average Bonchev–Trinajstić information content (AvgIpc) is 2.85. The number of carbonyl (C=O) groups excluding carboxylic acids is 1. The largest absolute Gasteiger partial charge is 0.465 e. The van der Waals surface area contributed by atoms with Crippen LogP contribution in [0.3, 0.4) is 0 Å². The molecule has 0 saturated carbocycles. The van der Waals surface area contributed by atoms with Crippen molar-refractivity contribution >= 4 is 40.3 Å². The van der Waals surface area contributed by atoms with Gasteiger partial charge in [0.1, 0.15) is 0 Å². The number of ether oxygens (including phenoxy) is 1. The Morgan fingerprint density at radius 2 is 2.20 bits per heavy atom. The first-order valence-corrected chi connectivity index (χ1v) is 7.26. The van der Waals surface area contributed by atoms with E-state index in [0.29, 0.717) is 23.5 Å². The standard InChI is InChI=1S/C14H15ClN2O2S/c1-19-14(18)10-3-2-4-11(16)13(10)17-8-7-9-5-6-12(15)20-9/h2-6,17H,7-8,16H2,1H3. The third kappa shape index (κ3) is 3.43. The van der Waals surface area contributed by atoms with Crippen LogP contribution in [0.4, 0.5) is 11.4 Å². The summed E-state index contributed by atoms with van der Waals surface area (Å²) in [5.74, 6) is -0.404. The summed E-state index contributed by atoms with van der Waals surface area (Å²) in [5.41, 5.74) is 7.49. The molecule has 0 unspecified atom stereocenters. The van der Waals surface area contributed by atoms with Gasteiger partial charge in [0, 0.05) is 11.4 Å². The summed E-state index contributed by atoms with van der Waals surface area (Å²) in [5, 5.41) is 3.19. The van der Waals surface area contributed by atoms with Crippen molar-refractivity contribution in [3.8, 4) is 0 Å². The summed E-state index contributed by atoms with van der Waals surface area (Å²) < 4.78 is 5.52. The topological polar surface area (TPSA) is 64.3 Å². The summed E-state index contributed by atoms with van der Waals surface area (Å²) in [6.45, 7) is 0.662. The number of anilines is 2. The molecule has 0 spiro atoms. The predicted molar refractivity (Wildman–Crippen MR) is 83.7 cm³/mol. The molecule has 106 valence electrons. The second kappa shape index (κ2) is 6.63. The van der Waals surface area contributed by atoms with Crippen molar-refractivity contribution in [2.45, 2.75) is 6.42 Å². The quantitative estimate of drug-likeness (QED) is 0.656. The summed E-state index contributed by atoms with van der Waals surface area (Å²) in [6, 6.07) is 9.03. The molecule has 0 aliphatic heterocycles. The fourth-order valence-corrected chi connectivity index (χ4v) is 2.93. The van der Waals surface area contributed by atoms with E-state index in [0.717, 1.165) is 10.8 Å². The number of para-hydroxylation sites is 1. The summed E-state index contributed by atoms with van der Waals surface area (Å²) in [7, 11) is 1.35. The van der Waals surface area contributed by atoms with Crippen molar-refractivity contribution < 1.29 is 9.53 Å². The van der Waals surface area contributed by atoms with Crippen molar-refractivity contribution in [1.29, 1.82) is 0 Å². The average molecular weight is 311 g/mol. The van der Waals surface area contributed by atoms with Gasteiger partial charge in [-0.05, 0) is 30.7 Å². The van der Waals surface area contributed by atoms with Gasteiger partial charge >= 0.3 is 5.97 Å².